The van der Waals surface area contributed by atoms with E-state index in [1.165, 1.54) is 0 Å². The Bertz CT molecular complexity index is 669. The Hall–Kier alpha value is -2.34. The summed E-state index contributed by atoms with van der Waals surface area (Å²) in [4.78, 5) is 28.9. The first-order valence-corrected chi connectivity index (χ1v) is 5.83. The lowest BCUT2D eigenvalue weighted by Crippen LogP contribution is -2.17. The molecule has 0 spiro atoms. The number of nitrogens with zero attached hydrogens (tertiary/aromatic N) is 1. The highest BCUT2D eigenvalue weighted by molar-refractivity contribution is 5.79. The van der Waals surface area contributed by atoms with Crippen molar-refractivity contribution in [2.24, 2.45) is 0 Å². The smallest absolute Gasteiger partial charge is 0.328 e. The third-order valence-electron chi connectivity index (χ3n) is 2.71. The van der Waals surface area contributed by atoms with Crippen LogP contribution in [-0.4, -0.2) is 39.5 Å². The molecule has 6 nitrogen and oxygen atoms in total. The van der Waals surface area contributed by atoms with Crippen LogP contribution in [0.2, 0.25) is 0 Å². The van der Waals surface area contributed by atoms with Crippen molar-refractivity contribution in [3.05, 3.63) is 46.4 Å². The Morgan fingerprint density at radius 2 is 2.11 bits per heavy atom. The van der Waals surface area contributed by atoms with E-state index in [4.69, 9.17) is 5.11 Å². The molecule has 1 aromatic carbocycles. The number of carboxylic acid groups (broad SMARTS) is 1. The molecule has 0 amide bonds. The van der Waals surface area contributed by atoms with Crippen LogP contribution in [0.3, 0.4) is 0 Å². The van der Waals surface area contributed by atoms with Gasteiger partial charge in [-0.25, -0.2) is 9.59 Å². The lowest BCUT2D eigenvalue weighted by Gasteiger charge is -2.14. The Balaban J connectivity index is 2.04. The highest BCUT2D eigenvalue weighted by atomic mass is 16.4. The first-order chi connectivity index (χ1) is 9.04. The van der Waals surface area contributed by atoms with Gasteiger partial charge in [-0.15, -0.1) is 0 Å². The van der Waals surface area contributed by atoms with Gasteiger partial charge in [0.15, 0.2) is 0 Å². The monoisotopic (exact) mass is 261 g/mol. The van der Waals surface area contributed by atoms with Crippen molar-refractivity contribution in [3.63, 3.8) is 0 Å². The molecule has 2 rings (SSSR count). The van der Waals surface area contributed by atoms with Crippen LogP contribution < -0.4 is 5.69 Å². The van der Waals surface area contributed by atoms with E-state index in [9.17, 15) is 9.59 Å². The largest absolute Gasteiger partial charge is 0.478 e. The second-order valence-electron chi connectivity index (χ2n) is 4.40. The van der Waals surface area contributed by atoms with E-state index < -0.39 is 5.97 Å². The van der Waals surface area contributed by atoms with Crippen LogP contribution in [-0.2, 0) is 11.3 Å². The average molecular weight is 261 g/mol. The fourth-order valence-electron chi connectivity index (χ4n) is 1.89. The molecule has 0 unspecified atom stereocenters. The quantitative estimate of drug-likeness (QED) is 0.698. The van der Waals surface area contributed by atoms with Crippen molar-refractivity contribution < 1.29 is 9.90 Å². The number of carbonyl (C=O) groups is 1. The maximum Gasteiger partial charge on any atom is 0.328 e. The van der Waals surface area contributed by atoms with E-state index in [1.807, 2.05) is 30.1 Å². The molecule has 1 aromatic heterocycles. The summed E-state index contributed by atoms with van der Waals surface area (Å²) in [6, 6.07) is 5.69. The number of benzene rings is 1. The molecule has 0 aliphatic carbocycles. The van der Waals surface area contributed by atoms with Crippen molar-refractivity contribution in [1.29, 1.82) is 0 Å². The summed E-state index contributed by atoms with van der Waals surface area (Å²) in [6.07, 6.45) is 2.72. The molecule has 6 heteroatoms. The minimum atomic E-state index is -0.945. The number of fused-ring (bicyclic) bond motifs is 1. The minimum absolute atomic E-state index is 0.218. The zero-order chi connectivity index (χ0) is 13.8. The summed E-state index contributed by atoms with van der Waals surface area (Å²) in [5, 5.41) is 8.49. The summed E-state index contributed by atoms with van der Waals surface area (Å²) in [7, 11) is 1.90. The van der Waals surface area contributed by atoms with E-state index in [0.717, 1.165) is 22.7 Å². The van der Waals surface area contributed by atoms with Gasteiger partial charge in [0.1, 0.15) is 0 Å². The van der Waals surface area contributed by atoms with Gasteiger partial charge in [-0.3, -0.25) is 4.90 Å². The lowest BCUT2D eigenvalue weighted by molar-refractivity contribution is -0.131. The highest BCUT2D eigenvalue weighted by Crippen LogP contribution is 2.11. The summed E-state index contributed by atoms with van der Waals surface area (Å²) >= 11 is 0. The van der Waals surface area contributed by atoms with Gasteiger partial charge in [-0.05, 0) is 24.7 Å². The number of hydrogen-bond donors (Lipinski definition) is 3. The highest BCUT2D eigenvalue weighted by Gasteiger charge is 2.02. The zero-order valence-electron chi connectivity index (χ0n) is 10.5. The molecule has 0 aliphatic heterocycles. The third-order valence-corrected chi connectivity index (χ3v) is 2.71. The molecule has 0 atom stereocenters. The lowest BCUT2D eigenvalue weighted by atomic mass is 10.2. The normalized spacial score (nSPS) is 11.7. The van der Waals surface area contributed by atoms with Crippen molar-refractivity contribution in [1.82, 2.24) is 14.9 Å². The number of nitrogens with one attached hydrogen (secondary N) is 2. The molecule has 0 fully saturated rings. The molecular formula is C13H15N3O3. The number of aromatic amines is 2. The molecule has 2 aromatic rings. The molecule has 0 saturated heterocycles. The zero-order valence-corrected chi connectivity index (χ0v) is 10.5. The van der Waals surface area contributed by atoms with Crippen LogP contribution in [0.15, 0.2) is 35.1 Å². The van der Waals surface area contributed by atoms with E-state index >= 15 is 0 Å². The van der Waals surface area contributed by atoms with Crippen molar-refractivity contribution in [2.45, 2.75) is 6.54 Å². The topological polar surface area (TPSA) is 89.2 Å². The van der Waals surface area contributed by atoms with Crippen LogP contribution in [0, 0.1) is 0 Å². The SMILES string of the molecule is CN(C/C=C/C(=O)O)Cc1ccc2[nH]c(=O)[nH]c2c1. The second kappa shape index (κ2) is 5.53. The number of hydrogen-bond acceptors (Lipinski definition) is 3. The Morgan fingerprint density at radius 1 is 1.37 bits per heavy atom. The predicted octanol–water partition coefficient (Wildman–Crippen LogP) is 0.929. The van der Waals surface area contributed by atoms with Gasteiger partial charge in [-0.2, -0.15) is 0 Å². The number of likely N-dealkylation sites (N-methyl/N-ethyl adjacent to an activating group) is 1. The Morgan fingerprint density at radius 3 is 2.84 bits per heavy atom. The third kappa shape index (κ3) is 3.56. The van der Waals surface area contributed by atoms with E-state index in [0.29, 0.717) is 13.1 Å². The summed E-state index contributed by atoms with van der Waals surface area (Å²) in [5.74, 6) is -0.945. The summed E-state index contributed by atoms with van der Waals surface area (Å²) in [5.41, 5.74) is 2.39. The summed E-state index contributed by atoms with van der Waals surface area (Å²) < 4.78 is 0. The maximum atomic E-state index is 11.1. The standard InChI is InChI=1S/C13H15N3O3/c1-16(6-2-3-12(17)18)8-9-4-5-10-11(7-9)15-13(19)14-10/h2-5,7H,6,8H2,1H3,(H,17,18)(H2,14,15,19)/b3-2+. The fraction of sp³-hybridized carbons (Fsp3) is 0.231. The van der Waals surface area contributed by atoms with E-state index in [2.05, 4.69) is 9.97 Å². The van der Waals surface area contributed by atoms with Crippen LogP contribution in [0.25, 0.3) is 11.0 Å². The van der Waals surface area contributed by atoms with Gasteiger partial charge in [0, 0.05) is 19.2 Å². The first kappa shape index (κ1) is 13.1. The van der Waals surface area contributed by atoms with Gasteiger partial charge >= 0.3 is 11.7 Å². The molecule has 0 radical (unpaired) electrons. The van der Waals surface area contributed by atoms with Crippen LogP contribution >= 0.6 is 0 Å². The van der Waals surface area contributed by atoms with Gasteiger partial charge < -0.3 is 15.1 Å². The number of imidazole rings is 1. The predicted molar refractivity (Wildman–Crippen MR) is 72.0 cm³/mol. The molecule has 3 N–H and O–H groups in total. The molecule has 1 heterocycles. The van der Waals surface area contributed by atoms with Crippen molar-refractivity contribution in [3.8, 4) is 0 Å². The number of aromatic nitrogens is 2. The molecular weight excluding hydrogens is 246 g/mol. The number of aliphatic carboxylic acids is 1. The Kier molecular flexibility index (Phi) is 3.82. The van der Waals surface area contributed by atoms with Crippen molar-refractivity contribution in [2.75, 3.05) is 13.6 Å². The minimum Gasteiger partial charge on any atom is -0.478 e. The molecule has 0 saturated carbocycles. The molecule has 0 bridgehead atoms. The maximum absolute atomic E-state index is 11.1. The van der Waals surface area contributed by atoms with Gasteiger partial charge in [0.2, 0.25) is 0 Å². The van der Waals surface area contributed by atoms with Gasteiger partial charge in [0.05, 0.1) is 11.0 Å². The molecule has 100 valence electrons. The van der Waals surface area contributed by atoms with Gasteiger partial charge in [0.25, 0.3) is 0 Å². The molecule has 0 aliphatic rings. The van der Waals surface area contributed by atoms with Crippen LogP contribution in [0.1, 0.15) is 5.56 Å². The van der Waals surface area contributed by atoms with Gasteiger partial charge in [-0.1, -0.05) is 12.1 Å². The average Bonchev–Trinajstić information content (AvgIpc) is 2.67. The van der Waals surface area contributed by atoms with E-state index in [-0.39, 0.29) is 5.69 Å². The number of carboxylic acids is 1. The summed E-state index contributed by atoms with van der Waals surface area (Å²) in [6.45, 7) is 1.22. The number of H-pyrrole nitrogens is 2. The van der Waals surface area contributed by atoms with Crippen molar-refractivity contribution >= 4 is 17.0 Å². The van der Waals surface area contributed by atoms with Crippen LogP contribution in [0.5, 0.6) is 0 Å². The van der Waals surface area contributed by atoms with Crippen LogP contribution in [0.4, 0.5) is 0 Å². The first-order valence-electron chi connectivity index (χ1n) is 5.83. The second-order valence-corrected chi connectivity index (χ2v) is 4.40. The van der Waals surface area contributed by atoms with E-state index in [1.54, 1.807) is 6.08 Å². The number of rotatable bonds is 5. The molecule has 19 heavy (non-hydrogen) atoms. The Labute approximate surface area is 109 Å². The fourth-order valence-corrected chi connectivity index (χ4v) is 1.89.